The van der Waals surface area contributed by atoms with Crippen molar-refractivity contribution in [2.45, 2.75) is 37.8 Å². The van der Waals surface area contributed by atoms with Gasteiger partial charge in [0, 0.05) is 42.5 Å². The Morgan fingerprint density at radius 1 is 1.36 bits per heavy atom. The van der Waals surface area contributed by atoms with Crippen LogP contribution in [0.3, 0.4) is 0 Å². The molecule has 1 N–H and O–H groups in total. The second-order valence-electron chi connectivity index (χ2n) is 3.94. The fourth-order valence-electron chi connectivity index (χ4n) is 1.91. The molecule has 1 saturated carbocycles. The van der Waals surface area contributed by atoms with Gasteiger partial charge < -0.3 is 10.1 Å². The summed E-state index contributed by atoms with van der Waals surface area (Å²) in [6, 6.07) is 0.616. The lowest BCUT2D eigenvalue weighted by molar-refractivity contribution is 0.0628. The quantitative estimate of drug-likeness (QED) is 0.747. The Morgan fingerprint density at radius 3 is 2.50 bits per heavy atom. The highest BCUT2D eigenvalue weighted by Gasteiger charge is 2.19. The van der Waals surface area contributed by atoms with Gasteiger partial charge in [0.25, 0.3) is 0 Å². The molecule has 0 aromatic rings. The molecule has 0 aromatic heterocycles. The normalized spacial score (nSPS) is 30.1. The van der Waals surface area contributed by atoms with Gasteiger partial charge in [-0.3, -0.25) is 4.21 Å². The molecule has 3 nitrogen and oxygen atoms in total. The SMILES string of the molecule is COC1CCC(NCCS(C)=O)CC1. The van der Waals surface area contributed by atoms with Crippen molar-refractivity contribution in [3.63, 3.8) is 0 Å². The number of hydrogen-bond donors (Lipinski definition) is 1. The molecule has 1 aliphatic rings. The molecule has 1 rings (SSSR count). The van der Waals surface area contributed by atoms with Crippen molar-refractivity contribution in [3.8, 4) is 0 Å². The van der Waals surface area contributed by atoms with Gasteiger partial charge in [-0.2, -0.15) is 0 Å². The van der Waals surface area contributed by atoms with Gasteiger partial charge in [-0.15, -0.1) is 0 Å². The van der Waals surface area contributed by atoms with E-state index in [1.165, 1.54) is 12.8 Å². The fourth-order valence-corrected chi connectivity index (χ4v) is 2.31. The third-order valence-electron chi connectivity index (χ3n) is 2.83. The molecule has 0 aromatic carbocycles. The molecular weight excluding hydrogens is 198 g/mol. The first-order valence-electron chi connectivity index (χ1n) is 5.28. The van der Waals surface area contributed by atoms with Crippen LogP contribution in [0.25, 0.3) is 0 Å². The lowest BCUT2D eigenvalue weighted by atomic mass is 9.93. The summed E-state index contributed by atoms with van der Waals surface area (Å²) in [5, 5.41) is 3.45. The molecule has 0 amide bonds. The second-order valence-corrected chi connectivity index (χ2v) is 5.50. The number of rotatable bonds is 5. The Kier molecular flexibility index (Phi) is 5.67. The van der Waals surface area contributed by atoms with Crippen LogP contribution in [0, 0.1) is 0 Å². The van der Waals surface area contributed by atoms with Crippen molar-refractivity contribution in [2.75, 3.05) is 25.7 Å². The highest BCUT2D eigenvalue weighted by Crippen LogP contribution is 2.20. The number of nitrogens with one attached hydrogen (secondary N) is 1. The number of methoxy groups -OCH3 is 1. The maximum Gasteiger partial charge on any atom is 0.0572 e. The van der Waals surface area contributed by atoms with Crippen LogP contribution >= 0.6 is 0 Å². The third-order valence-corrected chi connectivity index (χ3v) is 3.61. The molecular formula is C10H21NO2S. The van der Waals surface area contributed by atoms with E-state index < -0.39 is 10.8 Å². The topological polar surface area (TPSA) is 38.3 Å². The van der Waals surface area contributed by atoms with Crippen LogP contribution in [0.15, 0.2) is 0 Å². The smallest absolute Gasteiger partial charge is 0.0572 e. The first-order chi connectivity index (χ1) is 6.72. The van der Waals surface area contributed by atoms with Crippen LogP contribution in [0.1, 0.15) is 25.7 Å². The summed E-state index contributed by atoms with van der Waals surface area (Å²) in [5.74, 6) is 0.768. The zero-order chi connectivity index (χ0) is 10.4. The van der Waals surface area contributed by atoms with Gasteiger partial charge >= 0.3 is 0 Å². The molecule has 1 aliphatic carbocycles. The maximum atomic E-state index is 10.8. The van der Waals surface area contributed by atoms with Gasteiger partial charge in [0.2, 0.25) is 0 Å². The Morgan fingerprint density at radius 2 is 2.00 bits per heavy atom. The van der Waals surface area contributed by atoms with E-state index in [1.54, 1.807) is 13.4 Å². The Bertz CT molecular complexity index is 179. The first kappa shape index (κ1) is 12.1. The maximum absolute atomic E-state index is 10.8. The van der Waals surface area contributed by atoms with E-state index in [0.29, 0.717) is 12.1 Å². The molecule has 14 heavy (non-hydrogen) atoms. The number of ether oxygens (including phenoxy) is 1. The Labute approximate surface area is 89.1 Å². The molecule has 0 saturated heterocycles. The summed E-state index contributed by atoms with van der Waals surface area (Å²) in [4.78, 5) is 0. The van der Waals surface area contributed by atoms with Crippen LogP contribution in [-0.4, -0.2) is 42.0 Å². The molecule has 4 heteroatoms. The van der Waals surface area contributed by atoms with Crippen molar-refractivity contribution < 1.29 is 8.95 Å². The highest BCUT2D eigenvalue weighted by molar-refractivity contribution is 7.84. The van der Waals surface area contributed by atoms with E-state index in [2.05, 4.69) is 5.32 Å². The van der Waals surface area contributed by atoms with Crippen molar-refractivity contribution in [1.82, 2.24) is 5.32 Å². The predicted molar refractivity (Wildman–Crippen MR) is 60.0 cm³/mol. The Hall–Kier alpha value is 0.0700. The number of hydrogen-bond acceptors (Lipinski definition) is 3. The van der Waals surface area contributed by atoms with Gasteiger partial charge in [0.1, 0.15) is 0 Å². The minimum absolute atomic E-state index is 0.466. The fraction of sp³-hybridized carbons (Fsp3) is 1.00. The average Bonchev–Trinajstić information content (AvgIpc) is 2.18. The van der Waals surface area contributed by atoms with E-state index in [9.17, 15) is 4.21 Å². The van der Waals surface area contributed by atoms with Crippen LogP contribution in [0.2, 0.25) is 0 Å². The molecule has 0 heterocycles. The molecule has 1 unspecified atom stereocenters. The minimum atomic E-state index is -0.666. The summed E-state index contributed by atoms with van der Waals surface area (Å²) in [5.41, 5.74) is 0. The summed E-state index contributed by atoms with van der Waals surface area (Å²) in [6.45, 7) is 0.880. The minimum Gasteiger partial charge on any atom is -0.381 e. The first-order valence-corrected chi connectivity index (χ1v) is 7.01. The van der Waals surface area contributed by atoms with Crippen molar-refractivity contribution in [1.29, 1.82) is 0 Å². The van der Waals surface area contributed by atoms with Crippen molar-refractivity contribution >= 4 is 10.8 Å². The van der Waals surface area contributed by atoms with Crippen molar-refractivity contribution in [3.05, 3.63) is 0 Å². The predicted octanol–water partition coefficient (Wildman–Crippen LogP) is 0.912. The van der Waals surface area contributed by atoms with Crippen LogP contribution < -0.4 is 5.32 Å². The zero-order valence-electron chi connectivity index (χ0n) is 9.12. The van der Waals surface area contributed by atoms with Gasteiger partial charge in [0.05, 0.1) is 6.10 Å². The molecule has 0 radical (unpaired) electrons. The highest BCUT2D eigenvalue weighted by atomic mass is 32.2. The van der Waals surface area contributed by atoms with E-state index in [0.717, 1.165) is 25.1 Å². The third kappa shape index (κ3) is 4.53. The summed E-state index contributed by atoms with van der Waals surface area (Å²) in [7, 11) is 1.12. The van der Waals surface area contributed by atoms with Gasteiger partial charge in [-0.05, 0) is 25.7 Å². The van der Waals surface area contributed by atoms with Gasteiger partial charge in [0.15, 0.2) is 0 Å². The molecule has 1 fully saturated rings. The van der Waals surface area contributed by atoms with Crippen molar-refractivity contribution in [2.24, 2.45) is 0 Å². The molecule has 0 bridgehead atoms. The zero-order valence-corrected chi connectivity index (χ0v) is 9.94. The average molecular weight is 219 g/mol. The molecule has 1 atom stereocenters. The van der Waals surface area contributed by atoms with E-state index >= 15 is 0 Å². The molecule has 0 aliphatic heterocycles. The van der Waals surface area contributed by atoms with Crippen LogP contribution in [0.4, 0.5) is 0 Å². The van der Waals surface area contributed by atoms with Gasteiger partial charge in [-0.1, -0.05) is 0 Å². The van der Waals surface area contributed by atoms with E-state index in [4.69, 9.17) is 4.74 Å². The monoisotopic (exact) mass is 219 g/mol. The Balaban J connectivity index is 2.07. The van der Waals surface area contributed by atoms with Gasteiger partial charge in [-0.25, -0.2) is 0 Å². The second kappa shape index (κ2) is 6.53. The largest absolute Gasteiger partial charge is 0.381 e. The van der Waals surface area contributed by atoms with Crippen LogP contribution in [0.5, 0.6) is 0 Å². The molecule has 84 valence electrons. The summed E-state index contributed by atoms with van der Waals surface area (Å²) >= 11 is 0. The molecule has 0 spiro atoms. The summed E-state index contributed by atoms with van der Waals surface area (Å²) in [6.07, 6.45) is 6.91. The standard InChI is InChI=1S/C10H21NO2S/c1-13-10-5-3-9(4-6-10)11-7-8-14(2)12/h9-11H,3-8H2,1-2H3. The van der Waals surface area contributed by atoms with E-state index in [-0.39, 0.29) is 0 Å². The van der Waals surface area contributed by atoms with Crippen LogP contribution in [-0.2, 0) is 15.5 Å². The lowest BCUT2D eigenvalue weighted by Gasteiger charge is -2.28. The van der Waals surface area contributed by atoms with E-state index in [1.807, 2.05) is 0 Å². The lowest BCUT2D eigenvalue weighted by Crippen LogP contribution is -2.36. The summed E-state index contributed by atoms with van der Waals surface area (Å²) < 4.78 is 16.1.